The Balaban J connectivity index is 2.36. The van der Waals surface area contributed by atoms with Crippen LogP contribution in [-0.4, -0.2) is 0 Å². The first-order chi connectivity index (χ1) is 12.2. The van der Waals surface area contributed by atoms with Crippen molar-refractivity contribution in [3.63, 3.8) is 0 Å². The van der Waals surface area contributed by atoms with Crippen LogP contribution in [0.3, 0.4) is 0 Å². The zero-order chi connectivity index (χ0) is 18.3. The fraction of sp³-hybridized carbons (Fsp3) is 0.750. The summed E-state index contributed by atoms with van der Waals surface area (Å²) in [4.78, 5) is 0. The first-order valence-corrected chi connectivity index (χ1v) is 11.1. The van der Waals surface area contributed by atoms with Gasteiger partial charge in [0.15, 0.2) is 0 Å². The monoisotopic (exact) mass is 345 g/mol. The van der Waals surface area contributed by atoms with E-state index in [-0.39, 0.29) is 6.04 Å². The molecule has 0 aliphatic heterocycles. The summed E-state index contributed by atoms with van der Waals surface area (Å²) in [7, 11) is 0. The van der Waals surface area contributed by atoms with Crippen LogP contribution >= 0.6 is 0 Å². The summed E-state index contributed by atoms with van der Waals surface area (Å²) in [5.74, 6) is 0. The lowest BCUT2D eigenvalue weighted by Crippen LogP contribution is -2.14. The van der Waals surface area contributed by atoms with Crippen molar-refractivity contribution in [1.29, 1.82) is 0 Å². The summed E-state index contributed by atoms with van der Waals surface area (Å²) in [6.07, 6.45) is 18.4. The quantitative estimate of drug-likeness (QED) is 0.327. The van der Waals surface area contributed by atoms with E-state index in [0.29, 0.717) is 0 Å². The molecule has 0 saturated carbocycles. The van der Waals surface area contributed by atoms with E-state index >= 15 is 0 Å². The van der Waals surface area contributed by atoms with Gasteiger partial charge >= 0.3 is 0 Å². The molecule has 0 bridgehead atoms. The molecule has 0 aromatic heterocycles. The van der Waals surface area contributed by atoms with Gasteiger partial charge in [0.1, 0.15) is 0 Å². The van der Waals surface area contributed by atoms with Gasteiger partial charge < -0.3 is 5.73 Å². The molecule has 0 radical (unpaired) electrons. The predicted molar refractivity (Wildman–Crippen MR) is 113 cm³/mol. The molecule has 1 nitrogen and oxygen atoms in total. The third-order valence-electron chi connectivity index (χ3n) is 5.35. The highest BCUT2D eigenvalue weighted by Crippen LogP contribution is 2.26. The zero-order valence-corrected chi connectivity index (χ0v) is 17.3. The number of benzene rings is 1. The highest BCUT2D eigenvalue weighted by Gasteiger charge is 2.13. The molecule has 0 heterocycles. The van der Waals surface area contributed by atoms with Gasteiger partial charge in [0, 0.05) is 6.04 Å². The summed E-state index contributed by atoms with van der Waals surface area (Å²) in [6, 6.07) is 7.03. The van der Waals surface area contributed by atoms with Crippen LogP contribution in [0.2, 0.25) is 0 Å². The molecule has 0 amide bonds. The lowest BCUT2D eigenvalue weighted by atomic mass is 9.89. The Morgan fingerprint density at radius 3 is 1.92 bits per heavy atom. The van der Waals surface area contributed by atoms with Gasteiger partial charge in [-0.1, -0.05) is 110 Å². The number of hydrogen-bond acceptors (Lipinski definition) is 1. The van der Waals surface area contributed by atoms with Crippen LogP contribution in [0.15, 0.2) is 18.2 Å². The van der Waals surface area contributed by atoms with Crippen molar-refractivity contribution in [2.45, 2.75) is 117 Å². The molecule has 25 heavy (non-hydrogen) atoms. The van der Waals surface area contributed by atoms with E-state index in [1.165, 1.54) is 94.6 Å². The van der Waals surface area contributed by atoms with Crippen molar-refractivity contribution in [1.82, 2.24) is 0 Å². The van der Waals surface area contributed by atoms with Crippen LogP contribution in [0.5, 0.6) is 0 Å². The van der Waals surface area contributed by atoms with Gasteiger partial charge in [0.25, 0.3) is 0 Å². The van der Waals surface area contributed by atoms with E-state index in [4.69, 9.17) is 5.73 Å². The molecule has 0 fully saturated rings. The van der Waals surface area contributed by atoms with E-state index < -0.39 is 0 Å². The highest BCUT2D eigenvalue weighted by atomic mass is 14.6. The summed E-state index contributed by atoms with van der Waals surface area (Å²) < 4.78 is 0. The number of nitrogens with two attached hydrogens (primary N) is 1. The second kappa shape index (κ2) is 14.4. The molecule has 1 heteroatoms. The van der Waals surface area contributed by atoms with Crippen molar-refractivity contribution >= 4 is 0 Å². The maximum absolute atomic E-state index is 6.59. The molecule has 1 aromatic rings. The van der Waals surface area contributed by atoms with Crippen molar-refractivity contribution in [2.24, 2.45) is 5.73 Å². The van der Waals surface area contributed by atoms with E-state index in [1.807, 2.05) is 0 Å². The SMILES string of the molecule is CCCCCCCCCCCC(N)c1cccc(CCC)c1CCC. The van der Waals surface area contributed by atoms with Crippen molar-refractivity contribution < 1.29 is 0 Å². The molecule has 1 rings (SSSR count). The Kier molecular flexibility index (Phi) is 12.8. The second-order valence-electron chi connectivity index (χ2n) is 7.71. The maximum atomic E-state index is 6.59. The first kappa shape index (κ1) is 22.2. The molecule has 0 saturated heterocycles. The van der Waals surface area contributed by atoms with Gasteiger partial charge in [0.2, 0.25) is 0 Å². The normalized spacial score (nSPS) is 12.5. The lowest BCUT2D eigenvalue weighted by molar-refractivity contribution is 0.530. The predicted octanol–water partition coefficient (Wildman–Crippen LogP) is 7.51. The van der Waals surface area contributed by atoms with Gasteiger partial charge in [-0.25, -0.2) is 0 Å². The van der Waals surface area contributed by atoms with Crippen LogP contribution in [0.25, 0.3) is 0 Å². The van der Waals surface area contributed by atoms with E-state index in [0.717, 1.165) is 6.42 Å². The lowest BCUT2D eigenvalue weighted by Gasteiger charge is -2.19. The van der Waals surface area contributed by atoms with Crippen molar-refractivity contribution in [3.8, 4) is 0 Å². The Morgan fingerprint density at radius 2 is 1.32 bits per heavy atom. The second-order valence-corrected chi connectivity index (χ2v) is 7.71. The van der Waals surface area contributed by atoms with Gasteiger partial charge in [-0.3, -0.25) is 0 Å². The Morgan fingerprint density at radius 1 is 0.720 bits per heavy atom. The number of rotatable bonds is 15. The number of hydrogen-bond donors (Lipinski definition) is 1. The third kappa shape index (κ3) is 8.90. The number of unbranched alkanes of at least 4 members (excludes halogenated alkanes) is 8. The molecule has 0 aliphatic rings. The Labute approximate surface area is 157 Å². The topological polar surface area (TPSA) is 26.0 Å². The van der Waals surface area contributed by atoms with Gasteiger partial charge in [-0.05, 0) is 36.0 Å². The maximum Gasteiger partial charge on any atom is 0.0297 e. The standard InChI is InChI=1S/C24H43N/c1-4-7-8-9-10-11-12-13-14-20-24(25)23-19-15-18-21(16-5-2)22(23)17-6-3/h15,18-19,24H,4-14,16-17,20,25H2,1-3H3. The van der Waals surface area contributed by atoms with Crippen LogP contribution < -0.4 is 5.73 Å². The van der Waals surface area contributed by atoms with E-state index in [1.54, 1.807) is 5.56 Å². The first-order valence-electron chi connectivity index (χ1n) is 11.1. The average molecular weight is 346 g/mol. The minimum atomic E-state index is 0.225. The van der Waals surface area contributed by atoms with Gasteiger partial charge in [-0.15, -0.1) is 0 Å². The molecule has 0 aliphatic carbocycles. The van der Waals surface area contributed by atoms with Crippen LogP contribution in [0.4, 0.5) is 0 Å². The molecular weight excluding hydrogens is 302 g/mol. The minimum Gasteiger partial charge on any atom is -0.324 e. The molecule has 1 aromatic carbocycles. The molecule has 1 atom stereocenters. The van der Waals surface area contributed by atoms with E-state index in [2.05, 4.69) is 39.0 Å². The summed E-state index contributed by atoms with van der Waals surface area (Å²) in [5.41, 5.74) is 11.1. The van der Waals surface area contributed by atoms with Crippen molar-refractivity contribution in [2.75, 3.05) is 0 Å². The van der Waals surface area contributed by atoms with E-state index in [9.17, 15) is 0 Å². The smallest absolute Gasteiger partial charge is 0.0297 e. The fourth-order valence-corrected chi connectivity index (χ4v) is 3.89. The zero-order valence-electron chi connectivity index (χ0n) is 17.3. The van der Waals surface area contributed by atoms with Gasteiger partial charge in [-0.2, -0.15) is 0 Å². The van der Waals surface area contributed by atoms with Crippen LogP contribution in [0.1, 0.15) is 121 Å². The third-order valence-corrected chi connectivity index (χ3v) is 5.35. The average Bonchev–Trinajstić information content (AvgIpc) is 2.62. The van der Waals surface area contributed by atoms with Crippen LogP contribution in [0, 0.1) is 0 Å². The Hall–Kier alpha value is -0.820. The molecule has 144 valence electrons. The van der Waals surface area contributed by atoms with Crippen molar-refractivity contribution in [3.05, 3.63) is 34.9 Å². The minimum absolute atomic E-state index is 0.225. The van der Waals surface area contributed by atoms with Gasteiger partial charge in [0.05, 0.1) is 0 Å². The summed E-state index contributed by atoms with van der Waals surface area (Å²) in [5, 5.41) is 0. The highest BCUT2D eigenvalue weighted by molar-refractivity contribution is 5.37. The summed E-state index contributed by atoms with van der Waals surface area (Å²) >= 11 is 0. The molecule has 2 N–H and O–H groups in total. The summed E-state index contributed by atoms with van der Waals surface area (Å²) in [6.45, 7) is 6.83. The number of aryl methyl sites for hydroxylation is 1. The largest absolute Gasteiger partial charge is 0.324 e. The Bertz CT molecular complexity index is 438. The fourth-order valence-electron chi connectivity index (χ4n) is 3.89. The molecular formula is C24H43N. The molecule has 1 unspecified atom stereocenters. The molecule has 0 spiro atoms. The van der Waals surface area contributed by atoms with Crippen LogP contribution in [-0.2, 0) is 12.8 Å².